The quantitative estimate of drug-likeness (QED) is 0.628. The fourth-order valence-electron chi connectivity index (χ4n) is 2.47. The number of methoxy groups -OCH3 is 2. The second kappa shape index (κ2) is 7.56. The van der Waals surface area contributed by atoms with E-state index in [9.17, 15) is 16.8 Å². The molecule has 0 saturated carbocycles. The minimum absolute atomic E-state index is 0.0549. The Labute approximate surface area is 163 Å². The van der Waals surface area contributed by atoms with Crippen molar-refractivity contribution < 1.29 is 26.3 Å². The number of benzene rings is 2. The van der Waals surface area contributed by atoms with Crippen LogP contribution in [0.4, 0.5) is 5.69 Å². The normalized spacial score (nSPS) is 11.8. The fraction of sp³-hybridized carbons (Fsp3) is 0.111. The first-order valence-corrected chi connectivity index (χ1v) is 10.9. The Morgan fingerprint density at radius 1 is 0.857 bits per heavy atom. The van der Waals surface area contributed by atoms with Gasteiger partial charge in [-0.25, -0.2) is 20.8 Å². The van der Waals surface area contributed by atoms with Crippen molar-refractivity contribution >= 4 is 25.7 Å². The lowest BCUT2D eigenvalue weighted by Gasteiger charge is -2.12. The Balaban J connectivity index is 1.93. The molecule has 8 nitrogen and oxygen atoms in total. The first-order chi connectivity index (χ1) is 13.3. The number of aromatic nitrogens is 1. The maximum atomic E-state index is 12.7. The molecule has 0 fully saturated rings. The van der Waals surface area contributed by atoms with Crippen LogP contribution in [0.1, 0.15) is 0 Å². The number of hydrogen-bond donors (Lipinski definition) is 1. The van der Waals surface area contributed by atoms with Crippen LogP contribution in [0, 0.1) is 0 Å². The maximum Gasteiger partial charge on any atom is 0.267 e. The van der Waals surface area contributed by atoms with Gasteiger partial charge in [0.25, 0.3) is 20.0 Å². The van der Waals surface area contributed by atoms with Crippen molar-refractivity contribution in [1.82, 2.24) is 3.97 Å². The van der Waals surface area contributed by atoms with E-state index < -0.39 is 20.0 Å². The fourth-order valence-corrected chi connectivity index (χ4v) is 4.82. The molecule has 148 valence electrons. The van der Waals surface area contributed by atoms with Crippen LogP contribution < -0.4 is 14.2 Å². The summed E-state index contributed by atoms with van der Waals surface area (Å²) in [6, 6.07) is 13.5. The highest BCUT2D eigenvalue weighted by molar-refractivity contribution is 7.93. The zero-order valence-corrected chi connectivity index (χ0v) is 16.7. The average molecular weight is 422 g/mol. The summed E-state index contributed by atoms with van der Waals surface area (Å²) in [4.78, 5) is -0.149. The molecule has 3 aromatic rings. The summed E-state index contributed by atoms with van der Waals surface area (Å²) in [5, 5.41) is 0. The number of ether oxygens (including phenoxy) is 2. The van der Waals surface area contributed by atoms with Gasteiger partial charge in [0.1, 0.15) is 16.4 Å². The highest BCUT2D eigenvalue weighted by atomic mass is 32.2. The largest absolute Gasteiger partial charge is 0.497 e. The second-order valence-electron chi connectivity index (χ2n) is 5.67. The first-order valence-electron chi connectivity index (χ1n) is 8.01. The van der Waals surface area contributed by atoms with Gasteiger partial charge in [-0.3, -0.25) is 4.72 Å². The van der Waals surface area contributed by atoms with Crippen molar-refractivity contribution in [3.05, 3.63) is 67.0 Å². The molecular weight excluding hydrogens is 404 g/mol. The molecule has 28 heavy (non-hydrogen) atoms. The second-order valence-corrected chi connectivity index (χ2v) is 9.19. The Hall–Kier alpha value is -2.98. The van der Waals surface area contributed by atoms with E-state index in [2.05, 4.69) is 4.72 Å². The van der Waals surface area contributed by atoms with Crippen LogP contribution in [0.3, 0.4) is 0 Å². The molecule has 0 aliphatic carbocycles. The van der Waals surface area contributed by atoms with E-state index in [0.717, 1.165) is 10.2 Å². The number of anilines is 1. The molecular formula is C18H18N2O6S2. The summed E-state index contributed by atoms with van der Waals surface area (Å²) in [5.41, 5.74) is 0.196. The third-order valence-electron chi connectivity index (χ3n) is 3.92. The Bertz CT molecular complexity index is 1190. The van der Waals surface area contributed by atoms with Crippen LogP contribution in [0.2, 0.25) is 0 Å². The molecule has 1 heterocycles. The minimum atomic E-state index is -4.04. The number of nitrogens with one attached hydrogen (secondary N) is 1. The number of sulfonamides is 1. The van der Waals surface area contributed by atoms with E-state index in [1.807, 2.05) is 0 Å². The van der Waals surface area contributed by atoms with Crippen molar-refractivity contribution in [3.8, 4) is 11.5 Å². The lowest BCUT2D eigenvalue weighted by atomic mass is 10.3. The van der Waals surface area contributed by atoms with Crippen LogP contribution in [0.5, 0.6) is 11.5 Å². The molecule has 2 aromatic carbocycles. The number of rotatable bonds is 7. The van der Waals surface area contributed by atoms with Crippen LogP contribution in [0.15, 0.2) is 76.8 Å². The van der Waals surface area contributed by atoms with E-state index in [-0.39, 0.29) is 21.2 Å². The Morgan fingerprint density at radius 2 is 1.57 bits per heavy atom. The molecule has 0 aliphatic rings. The van der Waals surface area contributed by atoms with Crippen LogP contribution in [-0.2, 0) is 20.0 Å². The number of hydrogen-bond acceptors (Lipinski definition) is 6. The predicted octanol–water partition coefficient (Wildman–Crippen LogP) is 2.54. The smallest absolute Gasteiger partial charge is 0.267 e. The van der Waals surface area contributed by atoms with Crippen molar-refractivity contribution in [2.75, 3.05) is 18.9 Å². The van der Waals surface area contributed by atoms with Crippen molar-refractivity contribution in [1.29, 1.82) is 0 Å². The van der Waals surface area contributed by atoms with Gasteiger partial charge in [-0.1, -0.05) is 18.2 Å². The standard InChI is InChI=1S/C18H18N2O6S2/c1-25-14-8-9-17(18(12-14)26-2)19-27(21,22)16-10-11-20(13-16)28(23,24)15-6-4-3-5-7-15/h3-13,19H,1-2H3. The molecule has 0 bridgehead atoms. The van der Waals surface area contributed by atoms with Crippen molar-refractivity contribution in [2.45, 2.75) is 9.79 Å². The number of nitrogens with zero attached hydrogens (tertiary/aromatic N) is 1. The first kappa shape index (κ1) is 19.8. The van der Waals surface area contributed by atoms with Crippen molar-refractivity contribution in [3.63, 3.8) is 0 Å². The van der Waals surface area contributed by atoms with Crippen LogP contribution in [-0.4, -0.2) is 35.0 Å². The van der Waals surface area contributed by atoms with Gasteiger partial charge in [-0.15, -0.1) is 0 Å². The molecule has 3 rings (SSSR count). The maximum absolute atomic E-state index is 12.7. The molecule has 1 N–H and O–H groups in total. The third kappa shape index (κ3) is 3.82. The predicted molar refractivity (Wildman–Crippen MR) is 104 cm³/mol. The average Bonchev–Trinajstić information content (AvgIpc) is 3.21. The van der Waals surface area contributed by atoms with E-state index in [4.69, 9.17) is 9.47 Å². The van der Waals surface area contributed by atoms with Gasteiger partial charge in [0.05, 0.1) is 24.8 Å². The minimum Gasteiger partial charge on any atom is -0.497 e. The summed E-state index contributed by atoms with van der Waals surface area (Å²) in [7, 11) is -5.05. The van der Waals surface area contributed by atoms with E-state index in [0.29, 0.717) is 5.75 Å². The lowest BCUT2D eigenvalue weighted by Crippen LogP contribution is -2.14. The lowest BCUT2D eigenvalue weighted by molar-refractivity contribution is 0.395. The molecule has 0 radical (unpaired) electrons. The Morgan fingerprint density at radius 3 is 2.21 bits per heavy atom. The van der Waals surface area contributed by atoms with Gasteiger partial charge in [-0.05, 0) is 30.3 Å². The van der Waals surface area contributed by atoms with Gasteiger partial charge < -0.3 is 9.47 Å². The molecule has 0 atom stereocenters. The zero-order chi connectivity index (χ0) is 20.4. The summed E-state index contributed by atoms with van der Waals surface area (Å²) in [6.07, 6.45) is 2.23. The van der Waals surface area contributed by atoms with E-state index in [1.165, 1.54) is 50.7 Å². The zero-order valence-electron chi connectivity index (χ0n) is 15.1. The monoisotopic (exact) mass is 422 g/mol. The van der Waals surface area contributed by atoms with E-state index >= 15 is 0 Å². The molecule has 1 aromatic heterocycles. The summed E-state index contributed by atoms with van der Waals surface area (Å²) < 4.78 is 64.1. The summed E-state index contributed by atoms with van der Waals surface area (Å²) in [6.45, 7) is 0. The van der Waals surface area contributed by atoms with E-state index in [1.54, 1.807) is 24.3 Å². The Kier molecular flexibility index (Phi) is 5.34. The van der Waals surface area contributed by atoms with Gasteiger partial charge in [0.2, 0.25) is 0 Å². The van der Waals surface area contributed by atoms with Crippen LogP contribution >= 0.6 is 0 Å². The molecule has 10 heteroatoms. The van der Waals surface area contributed by atoms with Gasteiger partial charge in [0.15, 0.2) is 0 Å². The van der Waals surface area contributed by atoms with Gasteiger partial charge in [0, 0.05) is 18.5 Å². The summed E-state index contributed by atoms with van der Waals surface area (Å²) >= 11 is 0. The molecule has 0 aliphatic heterocycles. The van der Waals surface area contributed by atoms with Gasteiger partial charge in [-0.2, -0.15) is 0 Å². The highest BCUT2D eigenvalue weighted by Gasteiger charge is 2.22. The third-order valence-corrected chi connectivity index (χ3v) is 6.92. The molecule has 0 saturated heterocycles. The van der Waals surface area contributed by atoms with Gasteiger partial charge >= 0.3 is 0 Å². The SMILES string of the molecule is COc1ccc(NS(=O)(=O)c2ccn(S(=O)(=O)c3ccccc3)c2)c(OC)c1. The molecule has 0 spiro atoms. The van der Waals surface area contributed by atoms with Crippen LogP contribution in [0.25, 0.3) is 0 Å². The summed E-state index contributed by atoms with van der Waals surface area (Å²) in [5.74, 6) is 0.763. The topological polar surface area (TPSA) is 104 Å². The highest BCUT2D eigenvalue weighted by Crippen LogP contribution is 2.31. The van der Waals surface area contributed by atoms with Crippen molar-refractivity contribution in [2.24, 2.45) is 0 Å². The molecule has 0 unspecified atom stereocenters. The molecule has 0 amide bonds.